The van der Waals surface area contributed by atoms with Crippen LogP contribution >= 0.6 is 11.3 Å². The van der Waals surface area contributed by atoms with Gasteiger partial charge in [-0.2, -0.15) is 4.31 Å². The number of nitrogens with one attached hydrogen (secondary N) is 1. The minimum atomic E-state index is -3.56. The smallest absolute Gasteiger partial charge is 0.257 e. The summed E-state index contributed by atoms with van der Waals surface area (Å²) in [6.07, 6.45) is 3.07. The minimum Gasteiger partial charge on any atom is -0.298 e. The van der Waals surface area contributed by atoms with Crippen molar-refractivity contribution in [2.24, 2.45) is 11.3 Å². The molecule has 0 spiro atoms. The summed E-state index contributed by atoms with van der Waals surface area (Å²) in [7, 11) is -3.56. The molecule has 1 aromatic carbocycles. The molecule has 1 atom stereocenters. The molecule has 7 nitrogen and oxygen atoms in total. The Morgan fingerprint density at radius 2 is 1.94 bits per heavy atom. The topological polar surface area (TPSA) is 96.4 Å². The first-order valence-electron chi connectivity index (χ1n) is 10.5. The van der Waals surface area contributed by atoms with Gasteiger partial charge in [-0.3, -0.25) is 14.9 Å². The number of amides is 1. The van der Waals surface area contributed by atoms with Crippen LogP contribution in [0.5, 0.6) is 0 Å². The van der Waals surface area contributed by atoms with Crippen molar-refractivity contribution < 1.29 is 18.0 Å². The standard InChI is InChI=1S/C22H27N3O4S2/c1-14-5-4-10-25(13-14)31(28,29)16-8-6-15(7-9-16)20(27)24-21-23-17-11-22(2,3)12-18(26)19(17)30-21/h6-9,14H,4-5,10-13H2,1-3H3,(H,23,24,27). The summed E-state index contributed by atoms with van der Waals surface area (Å²) < 4.78 is 27.3. The van der Waals surface area contributed by atoms with Gasteiger partial charge in [0.05, 0.1) is 15.5 Å². The average Bonchev–Trinajstić information content (AvgIpc) is 3.09. The molecule has 0 bridgehead atoms. The highest BCUT2D eigenvalue weighted by Crippen LogP contribution is 2.38. The Balaban J connectivity index is 1.48. The van der Waals surface area contributed by atoms with Gasteiger partial charge >= 0.3 is 0 Å². The quantitative estimate of drug-likeness (QED) is 0.743. The fourth-order valence-corrected chi connectivity index (χ4v) is 6.75. The summed E-state index contributed by atoms with van der Waals surface area (Å²) in [5.74, 6) is 0.0225. The van der Waals surface area contributed by atoms with E-state index in [9.17, 15) is 18.0 Å². The molecular formula is C22H27N3O4S2. The second kappa shape index (κ2) is 8.11. The number of ketones is 1. The second-order valence-corrected chi connectivity index (χ2v) is 12.3. The number of aromatic nitrogens is 1. The maximum Gasteiger partial charge on any atom is 0.257 e. The van der Waals surface area contributed by atoms with Crippen molar-refractivity contribution in [3.63, 3.8) is 0 Å². The molecule has 2 aliphatic rings. The number of nitrogens with zero attached hydrogens (tertiary/aromatic N) is 2. The molecule has 1 unspecified atom stereocenters. The van der Waals surface area contributed by atoms with Crippen LogP contribution in [0.1, 0.15) is 65.8 Å². The number of Topliss-reactive ketones (excluding diaryl/α,β-unsaturated/α-hetero) is 1. The zero-order chi connectivity index (χ0) is 22.4. The van der Waals surface area contributed by atoms with Crippen LogP contribution < -0.4 is 5.32 Å². The van der Waals surface area contributed by atoms with Gasteiger partial charge in [-0.25, -0.2) is 13.4 Å². The number of hydrogen-bond donors (Lipinski definition) is 1. The van der Waals surface area contributed by atoms with E-state index in [-0.39, 0.29) is 22.0 Å². The van der Waals surface area contributed by atoms with E-state index in [0.717, 1.165) is 18.5 Å². The average molecular weight is 462 g/mol. The summed E-state index contributed by atoms with van der Waals surface area (Å²) in [6, 6.07) is 5.97. The van der Waals surface area contributed by atoms with Gasteiger partial charge < -0.3 is 0 Å². The molecule has 1 amide bonds. The molecule has 1 aliphatic heterocycles. The normalized spacial score (nSPS) is 21.5. The summed E-state index contributed by atoms with van der Waals surface area (Å²) in [5, 5.41) is 3.14. The van der Waals surface area contributed by atoms with Crippen molar-refractivity contribution in [1.82, 2.24) is 9.29 Å². The van der Waals surface area contributed by atoms with Crippen molar-refractivity contribution in [2.75, 3.05) is 18.4 Å². The Morgan fingerprint density at radius 1 is 1.23 bits per heavy atom. The van der Waals surface area contributed by atoms with Gasteiger partial charge in [0, 0.05) is 25.1 Å². The number of piperidine rings is 1. The molecule has 1 N–H and O–H groups in total. The van der Waals surface area contributed by atoms with Crippen molar-refractivity contribution in [1.29, 1.82) is 0 Å². The molecular weight excluding hydrogens is 434 g/mol. The number of hydrogen-bond acceptors (Lipinski definition) is 6. The lowest BCUT2D eigenvalue weighted by Crippen LogP contribution is -2.39. The number of anilines is 1. The SMILES string of the molecule is CC1CCCN(S(=O)(=O)c2ccc(C(=O)Nc3nc4c(s3)C(=O)CC(C)(C)C4)cc2)C1. The fourth-order valence-electron chi connectivity index (χ4n) is 4.23. The number of sulfonamides is 1. The summed E-state index contributed by atoms with van der Waals surface area (Å²) >= 11 is 1.20. The summed E-state index contributed by atoms with van der Waals surface area (Å²) in [4.78, 5) is 30.3. The van der Waals surface area contributed by atoms with Crippen molar-refractivity contribution >= 4 is 38.2 Å². The number of carbonyl (C=O) groups excluding carboxylic acids is 2. The van der Waals surface area contributed by atoms with E-state index in [1.54, 1.807) is 0 Å². The lowest BCUT2D eigenvalue weighted by Gasteiger charge is -2.30. The molecule has 4 rings (SSSR count). The first-order chi connectivity index (χ1) is 14.5. The molecule has 2 heterocycles. The van der Waals surface area contributed by atoms with E-state index < -0.39 is 10.0 Å². The van der Waals surface area contributed by atoms with E-state index >= 15 is 0 Å². The molecule has 1 fully saturated rings. The van der Waals surface area contributed by atoms with Crippen LogP contribution in [-0.2, 0) is 16.4 Å². The lowest BCUT2D eigenvalue weighted by atomic mass is 9.78. The van der Waals surface area contributed by atoms with Crippen LogP contribution in [0, 0.1) is 11.3 Å². The zero-order valence-corrected chi connectivity index (χ0v) is 19.6. The first kappa shape index (κ1) is 22.1. The number of benzene rings is 1. The van der Waals surface area contributed by atoms with Gasteiger partial charge in [-0.15, -0.1) is 0 Å². The number of carbonyl (C=O) groups is 2. The highest BCUT2D eigenvalue weighted by Gasteiger charge is 2.34. The molecule has 2 aromatic rings. The maximum atomic E-state index is 12.9. The monoisotopic (exact) mass is 461 g/mol. The zero-order valence-electron chi connectivity index (χ0n) is 18.0. The fraction of sp³-hybridized carbons (Fsp3) is 0.500. The molecule has 1 saturated heterocycles. The van der Waals surface area contributed by atoms with Crippen LogP contribution in [0.4, 0.5) is 5.13 Å². The minimum absolute atomic E-state index is 0.0610. The van der Waals surface area contributed by atoms with E-state index in [1.165, 1.54) is 39.9 Å². The van der Waals surface area contributed by atoms with Gasteiger partial charge in [-0.1, -0.05) is 32.1 Å². The molecule has 31 heavy (non-hydrogen) atoms. The first-order valence-corrected chi connectivity index (χ1v) is 12.8. The largest absolute Gasteiger partial charge is 0.298 e. The summed E-state index contributed by atoms with van der Waals surface area (Å²) in [6.45, 7) is 7.17. The van der Waals surface area contributed by atoms with Crippen LogP contribution in [0.2, 0.25) is 0 Å². The van der Waals surface area contributed by atoms with Crippen LogP contribution in [0.3, 0.4) is 0 Å². The van der Waals surface area contributed by atoms with Crippen LogP contribution in [0.25, 0.3) is 0 Å². The maximum absolute atomic E-state index is 12.9. The molecule has 9 heteroatoms. The number of thiazole rings is 1. The lowest BCUT2D eigenvalue weighted by molar-refractivity contribution is 0.0915. The predicted molar refractivity (Wildman–Crippen MR) is 120 cm³/mol. The van der Waals surface area contributed by atoms with E-state index in [0.29, 0.717) is 47.4 Å². The third-order valence-electron chi connectivity index (χ3n) is 5.83. The Morgan fingerprint density at radius 3 is 2.61 bits per heavy atom. The van der Waals surface area contributed by atoms with Gasteiger partial charge in [0.15, 0.2) is 10.9 Å². The Labute approximate surface area is 186 Å². The van der Waals surface area contributed by atoms with Crippen molar-refractivity contribution in [3.05, 3.63) is 40.4 Å². The molecule has 1 aromatic heterocycles. The van der Waals surface area contributed by atoms with Crippen molar-refractivity contribution in [2.45, 2.75) is 51.3 Å². The number of rotatable bonds is 4. The Bertz CT molecular complexity index is 1120. The summed E-state index contributed by atoms with van der Waals surface area (Å²) in [5.41, 5.74) is 0.942. The molecule has 1 aliphatic carbocycles. The Hall–Kier alpha value is -2.10. The Kier molecular flexibility index (Phi) is 5.78. The van der Waals surface area contributed by atoms with Crippen molar-refractivity contribution in [3.8, 4) is 0 Å². The third kappa shape index (κ3) is 4.58. The van der Waals surface area contributed by atoms with Gasteiger partial charge in [0.25, 0.3) is 5.91 Å². The van der Waals surface area contributed by atoms with Gasteiger partial charge in [0.1, 0.15) is 0 Å². The molecule has 0 radical (unpaired) electrons. The molecule has 0 saturated carbocycles. The number of fused-ring (bicyclic) bond motifs is 1. The third-order valence-corrected chi connectivity index (χ3v) is 8.76. The van der Waals surface area contributed by atoms with E-state index in [4.69, 9.17) is 0 Å². The van der Waals surface area contributed by atoms with E-state index in [2.05, 4.69) is 17.2 Å². The second-order valence-electron chi connectivity index (χ2n) is 9.32. The highest BCUT2D eigenvalue weighted by molar-refractivity contribution is 7.89. The van der Waals surface area contributed by atoms with Crippen LogP contribution in [-0.4, -0.2) is 42.5 Å². The van der Waals surface area contributed by atoms with E-state index in [1.807, 2.05) is 13.8 Å². The predicted octanol–water partition coefficient (Wildman–Crippen LogP) is 3.97. The highest BCUT2D eigenvalue weighted by atomic mass is 32.2. The van der Waals surface area contributed by atoms with Crippen LogP contribution in [0.15, 0.2) is 29.2 Å². The van der Waals surface area contributed by atoms with Gasteiger partial charge in [-0.05, 0) is 54.9 Å². The van der Waals surface area contributed by atoms with Gasteiger partial charge in [0.2, 0.25) is 10.0 Å². The molecule has 166 valence electrons.